The predicted molar refractivity (Wildman–Crippen MR) is 121 cm³/mol. The van der Waals surface area contributed by atoms with Crippen LogP contribution < -0.4 is 5.01 Å². The largest absolute Gasteiger partial charge is 0.234 e. The Morgan fingerprint density at radius 2 is 1.38 bits per heavy atom. The van der Waals surface area contributed by atoms with Crippen LogP contribution in [0.4, 0.5) is 11.4 Å². The van der Waals surface area contributed by atoms with Crippen LogP contribution >= 0.6 is 23.2 Å². The Morgan fingerprint density at radius 1 is 0.828 bits per heavy atom. The lowest BCUT2D eigenvalue weighted by Crippen LogP contribution is -2.09. The summed E-state index contributed by atoms with van der Waals surface area (Å²) >= 11 is 13.0. The molecule has 0 fully saturated rings. The minimum absolute atomic E-state index is 0.459. The zero-order valence-corrected chi connectivity index (χ0v) is 17.2. The quantitative estimate of drug-likeness (QED) is 0.267. The molecule has 4 nitrogen and oxygen atoms in total. The van der Waals surface area contributed by atoms with Crippen LogP contribution in [0.2, 0.25) is 10.2 Å². The summed E-state index contributed by atoms with van der Waals surface area (Å²) in [6, 6.07) is 27.4. The second kappa shape index (κ2) is 8.52. The van der Waals surface area contributed by atoms with Crippen molar-refractivity contribution in [1.82, 2.24) is 9.78 Å². The molecule has 0 unspecified atom stereocenters. The van der Waals surface area contributed by atoms with Crippen LogP contribution in [-0.2, 0) is 0 Å². The van der Waals surface area contributed by atoms with Gasteiger partial charge in [-0.2, -0.15) is 10.2 Å². The molecular formula is C23H18Cl2N4. The second-order valence-corrected chi connectivity index (χ2v) is 7.15. The zero-order valence-electron chi connectivity index (χ0n) is 15.7. The third-order valence-corrected chi connectivity index (χ3v) is 5.12. The number of nitrogens with zero attached hydrogens (tertiary/aromatic N) is 4. The first-order valence-electron chi connectivity index (χ1n) is 9.09. The molecule has 0 radical (unpaired) electrons. The molecule has 1 heterocycles. The maximum absolute atomic E-state index is 6.64. The Kier molecular flexibility index (Phi) is 5.65. The van der Waals surface area contributed by atoms with Crippen molar-refractivity contribution in [3.63, 3.8) is 0 Å². The summed E-state index contributed by atoms with van der Waals surface area (Å²) in [6.07, 6.45) is 1.73. The van der Waals surface area contributed by atoms with E-state index >= 15 is 0 Å². The van der Waals surface area contributed by atoms with Gasteiger partial charge in [0.15, 0.2) is 0 Å². The van der Waals surface area contributed by atoms with E-state index in [2.05, 4.69) is 5.10 Å². The molecule has 0 atom stereocenters. The van der Waals surface area contributed by atoms with Gasteiger partial charge in [0.05, 0.1) is 39.6 Å². The average Bonchev–Trinajstić information content (AvgIpc) is 3.04. The molecule has 4 rings (SSSR count). The van der Waals surface area contributed by atoms with Crippen LogP contribution in [0.15, 0.2) is 90.0 Å². The summed E-state index contributed by atoms with van der Waals surface area (Å²) in [6.45, 7) is 1.90. The molecule has 6 heteroatoms. The van der Waals surface area contributed by atoms with Crippen molar-refractivity contribution in [2.45, 2.75) is 6.92 Å². The van der Waals surface area contributed by atoms with Crippen molar-refractivity contribution in [1.29, 1.82) is 0 Å². The highest BCUT2D eigenvalue weighted by Crippen LogP contribution is 2.28. The van der Waals surface area contributed by atoms with Crippen molar-refractivity contribution in [3.8, 4) is 5.69 Å². The molecule has 0 bridgehead atoms. The van der Waals surface area contributed by atoms with E-state index in [9.17, 15) is 0 Å². The zero-order chi connectivity index (χ0) is 20.2. The van der Waals surface area contributed by atoms with E-state index in [4.69, 9.17) is 28.3 Å². The highest BCUT2D eigenvalue weighted by molar-refractivity contribution is 6.34. The normalized spacial score (nSPS) is 11.1. The molecule has 29 heavy (non-hydrogen) atoms. The molecule has 0 amide bonds. The summed E-state index contributed by atoms with van der Waals surface area (Å²) in [5.41, 5.74) is 4.12. The van der Waals surface area contributed by atoms with E-state index in [-0.39, 0.29) is 0 Å². The van der Waals surface area contributed by atoms with Gasteiger partial charge in [-0.3, -0.25) is 0 Å². The SMILES string of the molecule is Cc1nn(-c2ccccc2Cl)c(Cl)c1/C=N/N(c1ccccc1)c1ccccc1. The highest BCUT2D eigenvalue weighted by atomic mass is 35.5. The maximum Gasteiger partial charge on any atom is 0.142 e. The van der Waals surface area contributed by atoms with Gasteiger partial charge in [-0.05, 0) is 43.3 Å². The molecular weight excluding hydrogens is 403 g/mol. The van der Waals surface area contributed by atoms with E-state index in [1.165, 1.54) is 0 Å². The number of anilines is 2. The van der Waals surface area contributed by atoms with Crippen molar-refractivity contribution in [3.05, 3.63) is 106 Å². The van der Waals surface area contributed by atoms with Gasteiger partial charge in [0.1, 0.15) is 5.15 Å². The van der Waals surface area contributed by atoms with E-state index < -0.39 is 0 Å². The van der Waals surface area contributed by atoms with Gasteiger partial charge in [0.25, 0.3) is 0 Å². The average molecular weight is 421 g/mol. The number of halogens is 2. The number of rotatable bonds is 5. The fourth-order valence-electron chi connectivity index (χ4n) is 2.98. The fourth-order valence-corrected chi connectivity index (χ4v) is 3.51. The smallest absolute Gasteiger partial charge is 0.142 e. The van der Waals surface area contributed by atoms with Crippen LogP contribution in [0.5, 0.6) is 0 Å². The minimum atomic E-state index is 0.459. The van der Waals surface area contributed by atoms with Gasteiger partial charge in [-0.25, -0.2) is 9.69 Å². The van der Waals surface area contributed by atoms with Gasteiger partial charge < -0.3 is 0 Å². The number of hydrogen-bond acceptors (Lipinski definition) is 3. The number of benzene rings is 3. The third kappa shape index (κ3) is 4.04. The third-order valence-electron chi connectivity index (χ3n) is 4.43. The first-order chi connectivity index (χ1) is 14.1. The fraction of sp³-hybridized carbons (Fsp3) is 0.0435. The highest BCUT2D eigenvalue weighted by Gasteiger charge is 2.16. The first kappa shape index (κ1) is 19.2. The van der Waals surface area contributed by atoms with Gasteiger partial charge in [-0.15, -0.1) is 0 Å². The van der Waals surface area contributed by atoms with Crippen LogP contribution in [0.25, 0.3) is 5.69 Å². The lowest BCUT2D eigenvalue weighted by atomic mass is 10.2. The van der Waals surface area contributed by atoms with E-state index in [1.807, 2.05) is 96.9 Å². The molecule has 0 N–H and O–H groups in total. The number of hydrogen-bond donors (Lipinski definition) is 0. The lowest BCUT2D eigenvalue weighted by molar-refractivity contribution is 0.863. The molecule has 4 aromatic rings. The molecule has 3 aromatic carbocycles. The predicted octanol–water partition coefficient (Wildman–Crippen LogP) is 6.66. The van der Waals surface area contributed by atoms with Crippen LogP contribution in [0.3, 0.4) is 0 Å². The monoisotopic (exact) mass is 420 g/mol. The number of hydrazone groups is 1. The molecule has 0 saturated heterocycles. The molecule has 0 spiro atoms. The lowest BCUT2D eigenvalue weighted by Gasteiger charge is -2.19. The van der Waals surface area contributed by atoms with Gasteiger partial charge in [0.2, 0.25) is 0 Å². The Balaban J connectivity index is 1.75. The standard InChI is InChI=1S/C23H18Cl2N4/c1-17-20(23(25)29(27-17)22-15-9-8-14-21(22)24)16-26-28(18-10-4-2-5-11-18)19-12-6-3-7-13-19/h2-16H,1H3/b26-16+. The van der Waals surface area contributed by atoms with Crippen molar-refractivity contribution in [2.24, 2.45) is 5.10 Å². The molecule has 0 saturated carbocycles. The number of aromatic nitrogens is 2. The van der Waals surface area contributed by atoms with E-state index in [1.54, 1.807) is 10.9 Å². The Morgan fingerprint density at radius 3 is 1.97 bits per heavy atom. The Labute approximate surface area is 179 Å². The number of aryl methyl sites for hydroxylation is 1. The molecule has 1 aromatic heterocycles. The van der Waals surface area contributed by atoms with Gasteiger partial charge in [-0.1, -0.05) is 71.7 Å². The summed E-state index contributed by atoms with van der Waals surface area (Å²) in [4.78, 5) is 0. The Bertz CT molecular complexity index is 1100. The van der Waals surface area contributed by atoms with Crippen molar-refractivity contribution >= 4 is 40.8 Å². The summed E-state index contributed by atoms with van der Waals surface area (Å²) in [5.74, 6) is 0. The second-order valence-electron chi connectivity index (χ2n) is 6.38. The van der Waals surface area contributed by atoms with Crippen LogP contribution in [0, 0.1) is 6.92 Å². The van der Waals surface area contributed by atoms with Gasteiger partial charge in [0, 0.05) is 0 Å². The molecule has 0 aliphatic rings. The number of para-hydroxylation sites is 3. The molecule has 0 aliphatic carbocycles. The Hall–Kier alpha value is -3.08. The minimum Gasteiger partial charge on any atom is -0.234 e. The van der Waals surface area contributed by atoms with Crippen LogP contribution in [0.1, 0.15) is 11.3 Å². The van der Waals surface area contributed by atoms with Crippen molar-refractivity contribution < 1.29 is 0 Å². The molecule has 144 valence electrons. The topological polar surface area (TPSA) is 33.4 Å². The summed E-state index contributed by atoms with van der Waals surface area (Å²) in [7, 11) is 0. The van der Waals surface area contributed by atoms with Crippen LogP contribution in [-0.4, -0.2) is 16.0 Å². The summed E-state index contributed by atoms with van der Waals surface area (Å²) < 4.78 is 1.63. The van der Waals surface area contributed by atoms with E-state index in [0.717, 1.165) is 28.3 Å². The first-order valence-corrected chi connectivity index (χ1v) is 9.85. The summed E-state index contributed by atoms with van der Waals surface area (Å²) in [5, 5.41) is 12.2. The molecule has 0 aliphatic heterocycles. The van der Waals surface area contributed by atoms with E-state index in [0.29, 0.717) is 10.2 Å². The van der Waals surface area contributed by atoms with Crippen molar-refractivity contribution in [2.75, 3.05) is 5.01 Å². The van der Waals surface area contributed by atoms with Gasteiger partial charge >= 0.3 is 0 Å². The maximum atomic E-state index is 6.64.